The summed E-state index contributed by atoms with van der Waals surface area (Å²) in [6.45, 7) is 0. The lowest BCUT2D eigenvalue weighted by molar-refractivity contribution is -0.137. The van der Waals surface area contributed by atoms with Gasteiger partial charge in [0.2, 0.25) is 0 Å². The quantitative estimate of drug-likeness (QED) is 0.904. The number of rotatable bonds is 3. The van der Waals surface area contributed by atoms with Crippen LogP contribution in [0.25, 0.3) is 0 Å². The van der Waals surface area contributed by atoms with Gasteiger partial charge in [-0.05, 0) is 12.1 Å². The van der Waals surface area contributed by atoms with Crippen LogP contribution in [-0.2, 0) is 6.18 Å². The van der Waals surface area contributed by atoms with Crippen LogP contribution < -0.4 is 10.6 Å². The molecule has 22 heavy (non-hydrogen) atoms. The normalized spacial score (nSPS) is 11.1. The molecule has 0 fully saturated rings. The first-order valence-electron chi connectivity index (χ1n) is 5.98. The Balaban J connectivity index is 2.36. The van der Waals surface area contributed by atoms with E-state index in [0.29, 0.717) is 6.20 Å². The van der Waals surface area contributed by atoms with Gasteiger partial charge in [-0.3, -0.25) is 9.78 Å². The average molecular weight is 331 g/mol. The van der Waals surface area contributed by atoms with Crippen molar-refractivity contribution >= 4 is 29.0 Å². The van der Waals surface area contributed by atoms with Gasteiger partial charge in [-0.1, -0.05) is 11.6 Å². The molecule has 0 aliphatic heterocycles. The number of carbonyl (C=O) groups excluding carboxylic acids is 1. The molecule has 2 N–H and O–H groups in total. The van der Waals surface area contributed by atoms with Crippen LogP contribution in [0.1, 0.15) is 15.9 Å². The van der Waals surface area contributed by atoms with Gasteiger partial charge in [0.05, 0.1) is 21.8 Å². The Kier molecular flexibility index (Phi) is 4.51. The molecule has 9 heteroatoms. The van der Waals surface area contributed by atoms with Crippen LogP contribution in [-0.4, -0.2) is 22.9 Å². The fourth-order valence-electron chi connectivity index (χ4n) is 1.65. The second kappa shape index (κ2) is 6.18. The lowest BCUT2D eigenvalue weighted by Gasteiger charge is -2.13. The molecule has 0 aliphatic carbocycles. The Labute approximate surface area is 128 Å². The topological polar surface area (TPSA) is 66.9 Å². The third-order valence-corrected chi connectivity index (χ3v) is 3.04. The Hall–Kier alpha value is -2.35. The van der Waals surface area contributed by atoms with Crippen LogP contribution in [0.5, 0.6) is 0 Å². The first kappa shape index (κ1) is 16.0. The molecule has 0 saturated heterocycles. The Morgan fingerprint density at radius 1 is 1.32 bits per heavy atom. The SMILES string of the molecule is CNc1ncc(C(F)(F)F)cc1NC(=O)c1cnccc1Cl. The number of alkyl halides is 3. The van der Waals surface area contributed by atoms with Gasteiger partial charge in [-0.2, -0.15) is 13.2 Å². The highest BCUT2D eigenvalue weighted by Crippen LogP contribution is 2.32. The molecule has 0 spiro atoms. The zero-order valence-corrected chi connectivity index (χ0v) is 12.0. The second-order valence-corrected chi connectivity index (χ2v) is 4.58. The van der Waals surface area contributed by atoms with Gasteiger partial charge in [-0.25, -0.2) is 4.98 Å². The average Bonchev–Trinajstić information content (AvgIpc) is 2.46. The molecule has 2 aromatic rings. The third-order valence-electron chi connectivity index (χ3n) is 2.71. The lowest BCUT2D eigenvalue weighted by atomic mass is 10.2. The maximum absolute atomic E-state index is 12.7. The van der Waals surface area contributed by atoms with Gasteiger partial charge in [-0.15, -0.1) is 0 Å². The first-order chi connectivity index (χ1) is 10.3. The van der Waals surface area contributed by atoms with Gasteiger partial charge in [0, 0.05) is 25.6 Å². The van der Waals surface area contributed by atoms with Crippen LogP contribution in [0.15, 0.2) is 30.7 Å². The number of carbonyl (C=O) groups is 1. The van der Waals surface area contributed by atoms with E-state index < -0.39 is 17.6 Å². The van der Waals surface area contributed by atoms with Gasteiger partial charge in [0.1, 0.15) is 5.82 Å². The van der Waals surface area contributed by atoms with Crippen LogP contribution in [0.4, 0.5) is 24.7 Å². The Morgan fingerprint density at radius 3 is 2.64 bits per heavy atom. The second-order valence-electron chi connectivity index (χ2n) is 4.18. The van der Waals surface area contributed by atoms with Crippen molar-refractivity contribution in [3.63, 3.8) is 0 Å². The largest absolute Gasteiger partial charge is 0.417 e. The predicted octanol–water partition coefficient (Wildman–Crippen LogP) is 3.44. The highest BCUT2D eigenvalue weighted by Gasteiger charge is 2.32. The van der Waals surface area contributed by atoms with Gasteiger partial charge in [0.15, 0.2) is 0 Å². The molecule has 0 saturated carbocycles. The number of hydrogen-bond acceptors (Lipinski definition) is 4. The fourth-order valence-corrected chi connectivity index (χ4v) is 1.84. The molecule has 0 atom stereocenters. The van der Waals surface area contributed by atoms with Gasteiger partial charge < -0.3 is 10.6 Å². The maximum atomic E-state index is 12.7. The number of anilines is 2. The smallest absolute Gasteiger partial charge is 0.371 e. The van der Waals surface area contributed by atoms with E-state index in [2.05, 4.69) is 20.6 Å². The summed E-state index contributed by atoms with van der Waals surface area (Å²) < 4.78 is 38.2. The van der Waals surface area contributed by atoms with Gasteiger partial charge in [0.25, 0.3) is 5.91 Å². The number of halogens is 4. The summed E-state index contributed by atoms with van der Waals surface area (Å²) in [7, 11) is 1.47. The Bertz CT molecular complexity index is 706. The minimum atomic E-state index is -4.56. The molecule has 5 nitrogen and oxygen atoms in total. The number of aromatic nitrogens is 2. The predicted molar refractivity (Wildman–Crippen MR) is 76.0 cm³/mol. The summed E-state index contributed by atoms with van der Waals surface area (Å²) in [5.41, 5.74) is -1.04. The monoisotopic (exact) mass is 330 g/mol. The molecule has 0 unspecified atom stereocenters. The van der Waals surface area contributed by atoms with Crippen molar-refractivity contribution in [2.75, 3.05) is 17.7 Å². The molecule has 2 heterocycles. The Morgan fingerprint density at radius 2 is 2.05 bits per heavy atom. The maximum Gasteiger partial charge on any atom is 0.417 e. The summed E-state index contributed by atoms with van der Waals surface area (Å²) in [4.78, 5) is 19.5. The molecule has 116 valence electrons. The summed E-state index contributed by atoms with van der Waals surface area (Å²) in [5.74, 6) is -0.586. The molecule has 1 amide bonds. The number of nitrogens with zero attached hydrogens (tertiary/aromatic N) is 2. The summed E-state index contributed by atoms with van der Waals surface area (Å²) in [6.07, 6.45) is -1.27. The minimum absolute atomic E-state index is 0.0450. The van der Waals surface area contributed by atoms with E-state index >= 15 is 0 Å². The first-order valence-corrected chi connectivity index (χ1v) is 6.36. The van der Waals surface area contributed by atoms with Crippen molar-refractivity contribution < 1.29 is 18.0 Å². The standard InChI is InChI=1S/C13H10ClF3N4O/c1-18-11-10(4-7(5-20-11)13(15,16)17)21-12(22)8-6-19-3-2-9(8)14/h2-6H,1H3,(H,18,20)(H,21,22). The van der Waals surface area contributed by atoms with E-state index in [1.54, 1.807) is 0 Å². The van der Waals surface area contributed by atoms with Gasteiger partial charge >= 0.3 is 6.18 Å². The molecule has 2 rings (SSSR count). The van der Waals surface area contributed by atoms with Crippen LogP contribution >= 0.6 is 11.6 Å². The van der Waals surface area contributed by atoms with Crippen LogP contribution in [0.2, 0.25) is 5.02 Å². The van der Waals surface area contributed by atoms with E-state index in [4.69, 9.17) is 11.6 Å². The van der Waals surface area contributed by atoms with E-state index in [1.807, 2.05) is 0 Å². The van der Waals surface area contributed by atoms with Crippen molar-refractivity contribution in [2.45, 2.75) is 6.18 Å². The molecule has 0 aliphatic rings. The number of hydrogen-bond donors (Lipinski definition) is 2. The lowest BCUT2D eigenvalue weighted by Crippen LogP contribution is -2.16. The molecule has 0 radical (unpaired) electrons. The van der Waals surface area contributed by atoms with E-state index in [-0.39, 0.29) is 22.1 Å². The molecule has 0 bridgehead atoms. The van der Waals surface area contributed by atoms with E-state index in [9.17, 15) is 18.0 Å². The molecular weight excluding hydrogens is 321 g/mol. The zero-order valence-electron chi connectivity index (χ0n) is 11.2. The number of nitrogens with one attached hydrogen (secondary N) is 2. The zero-order chi connectivity index (χ0) is 16.3. The highest BCUT2D eigenvalue weighted by molar-refractivity contribution is 6.34. The van der Waals surface area contributed by atoms with Crippen molar-refractivity contribution in [1.29, 1.82) is 0 Å². The molecule has 2 aromatic heterocycles. The van der Waals surface area contributed by atoms with Crippen LogP contribution in [0, 0.1) is 0 Å². The van der Waals surface area contributed by atoms with Crippen molar-refractivity contribution in [2.24, 2.45) is 0 Å². The summed E-state index contributed by atoms with van der Waals surface area (Å²) in [5, 5.41) is 5.08. The number of amides is 1. The molecule has 0 aromatic carbocycles. The van der Waals surface area contributed by atoms with Crippen LogP contribution in [0.3, 0.4) is 0 Å². The highest BCUT2D eigenvalue weighted by atomic mass is 35.5. The van der Waals surface area contributed by atoms with E-state index in [1.165, 1.54) is 25.5 Å². The minimum Gasteiger partial charge on any atom is -0.371 e. The number of pyridine rings is 2. The third kappa shape index (κ3) is 3.45. The molecular formula is C13H10ClF3N4O. The van der Waals surface area contributed by atoms with E-state index in [0.717, 1.165) is 6.07 Å². The van der Waals surface area contributed by atoms with Crippen molar-refractivity contribution in [3.8, 4) is 0 Å². The van der Waals surface area contributed by atoms with Crippen molar-refractivity contribution in [3.05, 3.63) is 46.9 Å². The summed E-state index contributed by atoms with van der Waals surface area (Å²) >= 11 is 5.85. The van der Waals surface area contributed by atoms with Crippen molar-refractivity contribution in [1.82, 2.24) is 9.97 Å². The fraction of sp³-hybridized carbons (Fsp3) is 0.154. The summed E-state index contributed by atoms with van der Waals surface area (Å²) in [6, 6.07) is 2.20.